The first kappa shape index (κ1) is 18.6. The molecular formula is C23H24N2O2. The van der Waals surface area contributed by atoms with E-state index in [0.29, 0.717) is 12.1 Å². The van der Waals surface area contributed by atoms with E-state index in [1.165, 1.54) is 6.07 Å². The molecule has 27 heavy (non-hydrogen) atoms. The molecule has 4 heteroatoms. The summed E-state index contributed by atoms with van der Waals surface area (Å²) in [6, 6.07) is 15.1. The predicted octanol–water partition coefficient (Wildman–Crippen LogP) is 4.38. The third-order valence-corrected chi connectivity index (χ3v) is 4.81. The Morgan fingerprint density at radius 2 is 1.63 bits per heavy atom. The lowest BCUT2D eigenvalue weighted by Crippen LogP contribution is -2.23. The van der Waals surface area contributed by atoms with Gasteiger partial charge in [0.2, 0.25) is 0 Å². The third-order valence-electron chi connectivity index (χ3n) is 4.81. The Hall–Kier alpha value is -3.14. The number of aromatic nitrogens is 1. The number of pyridine rings is 1. The number of para-hydroxylation sites is 1. The molecule has 4 nitrogen and oxygen atoms in total. The Kier molecular flexibility index (Phi) is 5.26. The van der Waals surface area contributed by atoms with Crippen molar-refractivity contribution in [3.05, 3.63) is 98.5 Å². The van der Waals surface area contributed by atoms with E-state index in [2.05, 4.69) is 17.4 Å². The van der Waals surface area contributed by atoms with Gasteiger partial charge in [0.15, 0.2) is 0 Å². The smallest absolute Gasteiger partial charge is 0.257 e. The summed E-state index contributed by atoms with van der Waals surface area (Å²) in [5.41, 5.74) is 6.51. The molecule has 0 saturated heterocycles. The maximum Gasteiger partial charge on any atom is 0.257 e. The van der Waals surface area contributed by atoms with Crippen molar-refractivity contribution < 1.29 is 4.79 Å². The van der Waals surface area contributed by atoms with E-state index in [9.17, 15) is 9.59 Å². The summed E-state index contributed by atoms with van der Waals surface area (Å²) in [4.78, 5) is 25.0. The van der Waals surface area contributed by atoms with Crippen LogP contribution in [-0.2, 0) is 6.54 Å². The highest BCUT2D eigenvalue weighted by molar-refractivity contribution is 6.04. The molecule has 0 atom stereocenters. The van der Waals surface area contributed by atoms with Gasteiger partial charge in [-0.3, -0.25) is 9.59 Å². The number of carbonyl (C=O) groups is 1. The van der Waals surface area contributed by atoms with Gasteiger partial charge in [0.1, 0.15) is 0 Å². The van der Waals surface area contributed by atoms with Crippen LogP contribution in [0.3, 0.4) is 0 Å². The average molecular weight is 360 g/mol. The van der Waals surface area contributed by atoms with Gasteiger partial charge in [0.05, 0.1) is 12.1 Å². The molecule has 0 fully saturated rings. The fourth-order valence-corrected chi connectivity index (χ4v) is 3.14. The molecule has 138 valence electrons. The molecule has 0 radical (unpaired) electrons. The van der Waals surface area contributed by atoms with E-state index in [-0.39, 0.29) is 11.5 Å². The molecule has 1 amide bonds. The van der Waals surface area contributed by atoms with Gasteiger partial charge >= 0.3 is 0 Å². The summed E-state index contributed by atoms with van der Waals surface area (Å²) < 4.78 is 1.58. The maximum absolute atomic E-state index is 12.7. The number of benzene rings is 2. The van der Waals surface area contributed by atoms with Gasteiger partial charge < -0.3 is 9.88 Å². The number of hydrogen-bond donors (Lipinski definition) is 1. The van der Waals surface area contributed by atoms with E-state index in [4.69, 9.17) is 0 Å². The SMILES string of the molecule is Cc1ccc(C)c(Cn2cc(C(=O)Nc3c(C)cccc3C)ccc2=O)c1. The summed E-state index contributed by atoms with van der Waals surface area (Å²) in [6.45, 7) is 8.42. The summed E-state index contributed by atoms with van der Waals surface area (Å²) in [6.07, 6.45) is 1.63. The highest BCUT2D eigenvalue weighted by atomic mass is 16.2. The zero-order valence-corrected chi connectivity index (χ0v) is 16.2. The monoisotopic (exact) mass is 360 g/mol. The minimum Gasteiger partial charge on any atom is -0.321 e. The molecular weight excluding hydrogens is 336 g/mol. The maximum atomic E-state index is 12.7. The number of amides is 1. The van der Waals surface area contributed by atoms with E-state index >= 15 is 0 Å². The van der Waals surface area contributed by atoms with Crippen LogP contribution in [0.5, 0.6) is 0 Å². The van der Waals surface area contributed by atoms with Crippen molar-refractivity contribution in [2.24, 2.45) is 0 Å². The number of nitrogens with zero attached hydrogens (tertiary/aromatic N) is 1. The van der Waals surface area contributed by atoms with Crippen molar-refractivity contribution in [2.45, 2.75) is 34.2 Å². The first-order valence-corrected chi connectivity index (χ1v) is 8.99. The summed E-state index contributed by atoms with van der Waals surface area (Å²) in [5.74, 6) is -0.220. The van der Waals surface area contributed by atoms with Gasteiger partial charge in [-0.15, -0.1) is 0 Å². The molecule has 0 unspecified atom stereocenters. The van der Waals surface area contributed by atoms with Crippen molar-refractivity contribution >= 4 is 11.6 Å². The number of nitrogens with one attached hydrogen (secondary N) is 1. The van der Waals surface area contributed by atoms with E-state index in [1.54, 1.807) is 16.8 Å². The highest BCUT2D eigenvalue weighted by Crippen LogP contribution is 2.20. The lowest BCUT2D eigenvalue weighted by Gasteiger charge is -2.13. The van der Waals surface area contributed by atoms with Crippen LogP contribution in [0.1, 0.15) is 38.2 Å². The van der Waals surface area contributed by atoms with E-state index in [1.807, 2.05) is 52.0 Å². The van der Waals surface area contributed by atoms with Gasteiger partial charge in [0, 0.05) is 18.0 Å². The highest BCUT2D eigenvalue weighted by Gasteiger charge is 2.12. The third kappa shape index (κ3) is 4.17. The van der Waals surface area contributed by atoms with Crippen molar-refractivity contribution in [2.75, 3.05) is 5.32 Å². The summed E-state index contributed by atoms with van der Waals surface area (Å²) in [5, 5.41) is 2.97. The Morgan fingerprint density at radius 1 is 0.926 bits per heavy atom. The van der Waals surface area contributed by atoms with Crippen molar-refractivity contribution in [1.29, 1.82) is 0 Å². The first-order valence-electron chi connectivity index (χ1n) is 8.99. The van der Waals surface area contributed by atoms with Crippen molar-refractivity contribution in [3.63, 3.8) is 0 Å². The van der Waals surface area contributed by atoms with Crippen LogP contribution in [0.15, 0.2) is 59.5 Å². The van der Waals surface area contributed by atoms with Gasteiger partial charge in [-0.05, 0) is 56.0 Å². The standard InChI is InChI=1S/C23H24N2O2/c1-15-8-9-16(2)20(12-15)14-25-13-19(10-11-21(25)26)23(27)24-22-17(3)6-5-7-18(22)4/h5-13H,14H2,1-4H3,(H,24,27). The van der Waals surface area contributed by atoms with Gasteiger partial charge in [0.25, 0.3) is 11.5 Å². The Morgan fingerprint density at radius 3 is 2.33 bits per heavy atom. The predicted molar refractivity (Wildman–Crippen MR) is 110 cm³/mol. The molecule has 0 spiro atoms. The van der Waals surface area contributed by atoms with Crippen LogP contribution in [-0.4, -0.2) is 10.5 Å². The molecule has 2 aromatic carbocycles. The van der Waals surface area contributed by atoms with Crippen LogP contribution in [0.2, 0.25) is 0 Å². The van der Waals surface area contributed by atoms with E-state index in [0.717, 1.165) is 33.5 Å². The van der Waals surface area contributed by atoms with Crippen LogP contribution >= 0.6 is 0 Å². The molecule has 1 N–H and O–H groups in total. The number of carbonyl (C=O) groups excluding carboxylic acids is 1. The first-order chi connectivity index (χ1) is 12.8. The Bertz CT molecular complexity index is 1040. The van der Waals surface area contributed by atoms with E-state index < -0.39 is 0 Å². The lowest BCUT2D eigenvalue weighted by molar-refractivity contribution is 0.102. The molecule has 0 aliphatic carbocycles. The fourth-order valence-electron chi connectivity index (χ4n) is 3.14. The molecule has 1 heterocycles. The second kappa shape index (κ2) is 7.62. The summed E-state index contributed by atoms with van der Waals surface area (Å²) >= 11 is 0. The van der Waals surface area contributed by atoms with Crippen LogP contribution in [0.25, 0.3) is 0 Å². The minimum atomic E-state index is -0.220. The molecule has 0 saturated carbocycles. The minimum absolute atomic E-state index is 0.125. The van der Waals surface area contributed by atoms with Gasteiger partial charge in [-0.25, -0.2) is 0 Å². The average Bonchev–Trinajstić information content (AvgIpc) is 2.63. The molecule has 3 rings (SSSR count). The zero-order valence-electron chi connectivity index (χ0n) is 16.2. The largest absolute Gasteiger partial charge is 0.321 e. The fraction of sp³-hybridized carbons (Fsp3) is 0.217. The van der Waals surface area contributed by atoms with Gasteiger partial charge in [-0.1, -0.05) is 42.0 Å². The number of rotatable bonds is 4. The number of anilines is 1. The quantitative estimate of drug-likeness (QED) is 0.750. The lowest BCUT2D eigenvalue weighted by atomic mass is 10.1. The normalized spacial score (nSPS) is 10.7. The van der Waals surface area contributed by atoms with Crippen LogP contribution < -0.4 is 10.9 Å². The molecule has 0 bridgehead atoms. The topological polar surface area (TPSA) is 51.1 Å². The van der Waals surface area contributed by atoms with Crippen molar-refractivity contribution in [3.8, 4) is 0 Å². The van der Waals surface area contributed by atoms with Crippen LogP contribution in [0, 0.1) is 27.7 Å². The van der Waals surface area contributed by atoms with Gasteiger partial charge in [-0.2, -0.15) is 0 Å². The molecule has 0 aliphatic heterocycles. The molecule has 1 aromatic heterocycles. The molecule has 0 aliphatic rings. The van der Waals surface area contributed by atoms with Crippen molar-refractivity contribution in [1.82, 2.24) is 4.57 Å². The zero-order chi connectivity index (χ0) is 19.6. The Labute approximate surface area is 159 Å². The summed E-state index contributed by atoms with van der Waals surface area (Å²) in [7, 11) is 0. The second-order valence-electron chi connectivity index (χ2n) is 7.03. The Balaban J connectivity index is 1.90. The van der Waals surface area contributed by atoms with Crippen LogP contribution in [0.4, 0.5) is 5.69 Å². The molecule has 3 aromatic rings. The number of aryl methyl sites for hydroxylation is 4. The second-order valence-corrected chi connectivity index (χ2v) is 7.03. The number of hydrogen-bond acceptors (Lipinski definition) is 2.